The first-order valence-electron chi connectivity index (χ1n) is 17.8. The van der Waals surface area contributed by atoms with Crippen molar-refractivity contribution in [1.29, 1.82) is 0 Å². The summed E-state index contributed by atoms with van der Waals surface area (Å²) < 4.78 is 0. The number of aldehydes is 1. The van der Waals surface area contributed by atoms with Gasteiger partial charge in [-0.05, 0) is 80.2 Å². The van der Waals surface area contributed by atoms with Gasteiger partial charge in [0.25, 0.3) is 5.91 Å². The summed E-state index contributed by atoms with van der Waals surface area (Å²) in [4.78, 5) is 62.3. The molecule has 0 radical (unpaired) electrons. The van der Waals surface area contributed by atoms with Crippen molar-refractivity contribution >= 4 is 47.3 Å². The van der Waals surface area contributed by atoms with Crippen LogP contribution in [0.1, 0.15) is 79.3 Å². The Kier molecular flexibility index (Phi) is 11.4. The predicted molar refractivity (Wildman–Crippen MR) is 194 cm³/mol. The first-order chi connectivity index (χ1) is 24.3. The highest BCUT2D eigenvalue weighted by Gasteiger charge is 2.33. The van der Waals surface area contributed by atoms with Crippen molar-refractivity contribution in [3.05, 3.63) is 70.9 Å². The fraction of sp³-hybridized carbons (Fsp3) is 0.474. The van der Waals surface area contributed by atoms with Gasteiger partial charge in [-0.3, -0.25) is 19.4 Å². The number of piperidine rings is 1. The van der Waals surface area contributed by atoms with E-state index in [0.717, 1.165) is 85.4 Å². The zero-order valence-electron chi connectivity index (χ0n) is 28.6. The molecule has 3 heterocycles. The van der Waals surface area contributed by atoms with Crippen LogP contribution < -0.4 is 22.1 Å². The minimum Gasteiger partial charge on any atom is -0.404 e. The lowest BCUT2D eigenvalue weighted by molar-refractivity contribution is -0.122. The first-order valence-corrected chi connectivity index (χ1v) is 17.8. The fourth-order valence-corrected chi connectivity index (χ4v) is 7.66. The summed E-state index contributed by atoms with van der Waals surface area (Å²) in [6.45, 7) is 3.36. The summed E-state index contributed by atoms with van der Waals surface area (Å²) in [5.74, 6) is -0.305. The van der Waals surface area contributed by atoms with Crippen LogP contribution in [-0.2, 0) is 27.5 Å². The average molecular weight is 681 g/mol. The molecule has 2 aromatic rings. The van der Waals surface area contributed by atoms with Gasteiger partial charge in [-0.25, -0.2) is 4.99 Å². The van der Waals surface area contributed by atoms with Crippen molar-refractivity contribution in [3.63, 3.8) is 0 Å². The maximum atomic E-state index is 12.9. The Bertz CT molecular complexity index is 1670. The molecule has 4 aliphatic rings. The van der Waals surface area contributed by atoms with Crippen LogP contribution in [0.15, 0.2) is 64.2 Å². The van der Waals surface area contributed by atoms with Crippen LogP contribution in [0.3, 0.4) is 0 Å². The molecular formula is C38H48N8O4. The Morgan fingerprint density at radius 3 is 2.60 bits per heavy atom. The smallest absolute Gasteiger partial charge is 0.255 e. The number of para-hydroxylation sites is 2. The Hall–Kier alpha value is -4.84. The highest BCUT2D eigenvalue weighted by molar-refractivity contribution is 6.19. The third kappa shape index (κ3) is 8.47. The topological polar surface area (TPSA) is 176 Å². The maximum absolute atomic E-state index is 12.9. The van der Waals surface area contributed by atoms with Crippen molar-refractivity contribution in [2.75, 3.05) is 25.0 Å². The number of amides is 3. The molecule has 1 atom stereocenters. The van der Waals surface area contributed by atoms with Gasteiger partial charge in [0.2, 0.25) is 11.8 Å². The SMILES string of the molecule is NC=C(C=NC1CCN(C2CCC(CC(=O)NCc3ccc4c(c3)CN(C(C=O)CCC(N)=O)C4=O)CC2)CC1)C1=Nc2ccccc2NC1. The lowest BCUT2D eigenvalue weighted by Crippen LogP contribution is -2.44. The molecular weight excluding hydrogens is 632 g/mol. The van der Waals surface area contributed by atoms with Crippen LogP contribution in [-0.4, -0.2) is 83.5 Å². The lowest BCUT2D eigenvalue weighted by atomic mass is 9.82. The van der Waals surface area contributed by atoms with Crippen LogP contribution in [0.2, 0.25) is 0 Å². The van der Waals surface area contributed by atoms with E-state index >= 15 is 0 Å². The zero-order valence-corrected chi connectivity index (χ0v) is 28.6. The molecule has 1 unspecified atom stereocenters. The van der Waals surface area contributed by atoms with Gasteiger partial charge in [0.05, 0.1) is 35.7 Å². The van der Waals surface area contributed by atoms with Crippen molar-refractivity contribution in [2.45, 2.75) is 89.0 Å². The Balaban J connectivity index is 0.900. The second-order valence-electron chi connectivity index (χ2n) is 13.9. The van der Waals surface area contributed by atoms with E-state index < -0.39 is 11.9 Å². The van der Waals surface area contributed by atoms with Crippen LogP contribution in [0.5, 0.6) is 0 Å². The molecule has 12 heteroatoms. The fourth-order valence-electron chi connectivity index (χ4n) is 7.66. The van der Waals surface area contributed by atoms with Crippen molar-refractivity contribution in [3.8, 4) is 0 Å². The second kappa shape index (κ2) is 16.2. The molecule has 50 heavy (non-hydrogen) atoms. The summed E-state index contributed by atoms with van der Waals surface area (Å²) in [5, 5.41) is 6.47. The number of likely N-dealkylation sites (tertiary alicyclic amines) is 1. The largest absolute Gasteiger partial charge is 0.404 e. The molecule has 1 saturated carbocycles. The van der Waals surface area contributed by atoms with E-state index in [1.807, 2.05) is 42.6 Å². The number of nitrogens with zero attached hydrogens (tertiary/aromatic N) is 4. The number of primary amides is 1. The normalized spacial score (nSPS) is 22.0. The number of hydrogen-bond acceptors (Lipinski definition) is 9. The van der Waals surface area contributed by atoms with Gasteiger partial charge in [-0.1, -0.05) is 24.3 Å². The van der Waals surface area contributed by atoms with Crippen LogP contribution in [0.4, 0.5) is 11.4 Å². The van der Waals surface area contributed by atoms with Crippen LogP contribution in [0, 0.1) is 5.92 Å². The van der Waals surface area contributed by atoms with E-state index in [1.54, 1.807) is 12.3 Å². The molecule has 12 nitrogen and oxygen atoms in total. The monoisotopic (exact) mass is 680 g/mol. The predicted octanol–water partition coefficient (Wildman–Crippen LogP) is 3.62. The van der Waals surface area contributed by atoms with Crippen molar-refractivity contribution < 1.29 is 19.2 Å². The van der Waals surface area contributed by atoms with Gasteiger partial charge < -0.3 is 36.7 Å². The quantitative estimate of drug-likeness (QED) is 0.185. The summed E-state index contributed by atoms with van der Waals surface area (Å²) in [7, 11) is 0. The molecule has 0 aromatic heterocycles. The first kappa shape index (κ1) is 35.0. The Morgan fingerprint density at radius 2 is 1.86 bits per heavy atom. The summed E-state index contributed by atoms with van der Waals surface area (Å²) in [5.41, 5.74) is 17.2. The van der Waals surface area contributed by atoms with Gasteiger partial charge in [0, 0.05) is 68.6 Å². The number of benzene rings is 2. The maximum Gasteiger partial charge on any atom is 0.255 e. The molecule has 0 bridgehead atoms. The van der Waals surface area contributed by atoms with Gasteiger partial charge >= 0.3 is 0 Å². The van der Waals surface area contributed by atoms with E-state index in [4.69, 9.17) is 21.5 Å². The third-order valence-electron chi connectivity index (χ3n) is 10.6. The van der Waals surface area contributed by atoms with E-state index in [0.29, 0.717) is 49.9 Å². The summed E-state index contributed by atoms with van der Waals surface area (Å²) in [6, 6.07) is 13.6. The number of carbonyl (C=O) groups excluding carboxylic acids is 4. The van der Waals surface area contributed by atoms with Gasteiger partial charge in [0.15, 0.2) is 0 Å². The van der Waals surface area contributed by atoms with E-state index in [-0.39, 0.29) is 30.7 Å². The summed E-state index contributed by atoms with van der Waals surface area (Å²) >= 11 is 0. The van der Waals surface area contributed by atoms with Crippen LogP contribution >= 0.6 is 0 Å². The number of nitrogens with one attached hydrogen (secondary N) is 2. The minimum absolute atomic E-state index is 0.0399. The highest BCUT2D eigenvalue weighted by Crippen LogP contribution is 2.32. The Morgan fingerprint density at radius 1 is 1.08 bits per heavy atom. The number of rotatable bonds is 13. The number of anilines is 1. The second-order valence-corrected chi connectivity index (χ2v) is 13.9. The molecule has 6 rings (SSSR count). The van der Waals surface area contributed by atoms with E-state index in [9.17, 15) is 19.2 Å². The molecule has 1 aliphatic carbocycles. The molecule has 6 N–H and O–H groups in total. The highest BCUT2D eigenvalue weighted by atomic mass is 16.2. The van der Waals surface area contributed by atoms with Crippen LogP contribution in [0.25, 0.3) is 0 Å². The molecule has 264 valence electrons. The van der Waals surface area contributed by atoms with E-state index in [2.05, 4.69) is 15.5 Å². The van der Waals surface area contributed by atoms with Gasteiger partial charge in [-0.2, -0.15) is 0 Å². The average Bonchev–Trinajstić information content (AvgIpc) is 3.46. The number of aliphatic imine (C=N–C) groups is 2. The third-order valence-corrected chi connectivity index (χ3v) is 10.6. The van der Waals surface area contributed by atoms with E-state index in [1.165, 1.54) is 4.90 Å². The molecule has 3 amide bonds. The lowest BCUT2D eigenvalue weighted by Gasteiger charge is -2.40. The number of carbonyl (C=O) groups is 4. The Labute approximate surface area is 293 Å². The number of hydrogen-bond donors (Lipinski definition) is 4. The minimum atomic E-state index is -0.695. The van der Waals surface area contributed by atoms with Crippen molar-refractivity contribution in [2.24, 2.45) is 27.4 Å². The number of fused-ring (bicyclic) bond motifs is 2. The summed E-state index contributed by atoms with van der Waals surface area (Å²) in [6.07, 6.45) is 11.3. The standard InChI is InChI=1S/C38H48N8O4/c39-19-28(35-22-42-33-3-1-2-4-34(33)44-35)21-41-29-13-15-45(16-14-29)30-8-5-25(6-9-30)18-37(49)43-20-26-7-11-32-27(17-26)23-46(38(32)50)31(24-47)10-12-36(40)48/h1-4,7,11,17,19,21,24-25,29-31,42H,5-6,8-10,12-16,18,20,22-23,39H2,(H2,40,48)(H,43,49). The van der Waals surface area contributed by atoms with Gasteiger partial charge in [-0.15, -0.1) is 0 Å². The molecule has 1 saturated heterocycles. The van der Waals surface area contributed by atoms with Crippen molar-refractivity contribution in [1.82, 2.24) is 15.1 Å². The zero-order chi connectivity index (χ0) is 35.0. The molecule has 0 spiro atoms. The van der Waals surface area contributed by atoms with Gasteiger partial charge in [0.1, 0.15) is 6.29 Å². The molecule has 2 aromatic carbocycles. The molecule has 2 fully saturated rings. The molecule has 3 aliphatic heterocycles. The number of nitrogens with two attached hydrogens (primary N) is 2.